The average Bonchev–Trinajstić information content (AvgIpc) is 2.53. The highest BCUT2D eigenvalue weighted by molar-refractivity contribution is 6.76. The number of rotatable bonds is 4. The van der Waals surface area contributed by atoms with Crippen LogP contribution in [0.2, 0.25) is 25.7 Å². The van der Waals surface area contributed by atoms with Gasteiger partial charge in [-0.1, -0.05) is 37.8 Å². The maximum absolute atomic E-state index is 12.1. The summed E-state index contributed by atoms with van der Waals surface area (Å²) in [7, 11) is -1.10. The Bertz CT molecular complexity index is 456. The minimum absolute atomic E-state index is 0.133. The second kappa shape index (κ2) is 4.69. The van der Waals surface area contributed by atoms with Gasteiger partial charge in [-0.2, -0.15) is 0 Å². The molecule has 18 heavy (non-hydrogen) atoms. The van der Waals surface area contributed by atoms with Crippen LogP contribution in [-0.2, 0) is 0 Å². The molecule has 0 radical (unpaired) electrons. The summed E-state index contributed by atoms with van der Waals surface area (Å²) in [6.07, 6.45) is 0.918. The molecule has 0 N–H and O–H groups in total. The lowest BCUT2D eigenvalue weighted by Crippen LogP contribution is -2.32. The predicted molar refractivity (Wildman–Crippen MR) is 74.6 cm³/mol. The van der Waals surface area contributed by atoms with Crippen LogP contribution in [0.1, 0.15) is 27.1 Å². The van der Waals surface area contributed by atoms with Crippen molar-refractivity contribution in [2.24, 2.45) is 0 Å². The van der Waals surface area contributed by atoms with Gasteiger partial charge in [0.1, 0.15) is 0 Å². The van der Waals surface area contributed by atoms with E-state index in [2.05, 4.69) is 19.6 Å². The number of carbonyl (C=O) groups is 2. The van der Waals surface area contributed by atoms with Crippen molar-refractivity contribution in [3.8, 4) is 0 Å². The normalized spacial score (nSPS) is 15.2. The molecule has 0 bridgehead atoms. The lowest BCUT2D eigenvalue weighted by atomic mass is 10.1. The SMILES string of the molecule is C[Si](C)(C)CCCN1C(=O)c2ccccc2C1=O. The summed E-state index contributed by atoms with van der Waals surface area (Å²) in [5.41, 5.74) is 1.10. The number of hydrogen-bond donors (Lipinski definition) is 0. The number of carbonyl (C=O) groups excluding carboxylic acids is 2. The quantitative estimate of drug-likeness (QED) is 0.617. The third-order valence-corrected chi connectivity index (χ3v) is 5.04. The Morgan fingerprint density at radius 2 is 1.50 bits per heavy atom. The summed E-state index contributed by atoms with van der Waals surface area (Å²) in [6, 6.07) is 8.20. The first kappa shape index (κ1) is 13.0. The molecule has 0 spiro atoms. The van der Waals surface area contributed by atoms with E-state index in [0.717, 1.165) is 12.5 Å². The van der Waals surface area contributed by atoms with Crippen molar-refractivity contribution in [1.82, 2.24) is 4.90 Å². The molecule has 0 aromatic heterocycles. The molecule has 0 aliphatic carbocycles. The van der Waals surface area contributed by atoms with Crippen molar-refractivity contribution in [2.45, 2.75) is 32.1 Å². The fourth-order valence-electron chi connectivity index (χ4n) is 2.21. The summed E-state index contributed by atoms with van der Waals surface area (Å²) in [4.78, 5) is 25.6. The fourth-order valence-corrected chi connectivity index (χ4v) is 3.43. The lowest BCUT2D eigenvalue weighted by Gasteiger charge is -2.18. The number of nitrogens with zero attached hydrogens (tertiary/aromatic N) is 1. The van der Waals surface area contributed by atoms with Gasteiger partial charge >= 0.3 is 0 Å². The molecule has 0 saturated carbocycles. The number of amides is 2. The van der Waals surface area contributed by atoms with Crippen LogP contribution in [0.3, 0.4) is 0 Å². The van der Waals surface area contributed by atoms with Crippen molar-refractivity contribution < 1.29 is 9.59 Å². The fraction of sp³-hybridized carbons (Fsp3) is 0.429. The van der Waals surface area contributed by atoms with Crippen LogP contribution in [0, 0.1) is 0 Å². The molecule has 0 saturated heterocycles. The van der Waals surface area contributed by atoms with Gasteiger partial charge in [-0.15, -0.1) is 0 Å². The van der Waals surface area contributed by atoms with Crippen molar-refractivity contribution >= 4 is 19.9 Å². The predicted octanol–water partition coefficient (Wildman–Crippen LogP) is 3.01. The molecule has 4 heteroatoms. The van der Waals surface area contributed by atoms with E-state index < -0.39 is 8.07 Å². The Kier molecular flexibility index (Phi) is 3.39. The average molecular weight is 261 g/mol. The highest BCUT2D eigenvalue weighted by Gasteiger charge is 2.34. The molecule has 0 unspecified atom stereocenters. The number of fused-ring (bicyclic) bond motifs is 1. The standard InChI is InChI=1S/C14H19NO2Si/c1-18(2,3)10-6-9-15-13(16)11-7-4-5-8-12(11)14(15)17/h4-5,7-8H,6,9-10H2,1-3H3. The molecule has 1 aliphatic rings. The zero-order chi connectivity index (χ0) is 13.3. The first-order valence-electron chi connectivity index (χ1n) is 6.35. The first-order chi connectivity index (χ1) is 8.40. The summed E-state index contributed by atoms with van der Waals surface area (Å²) >= 11 is 0. The van der Waals surface area contributed by atoms with Gasteiger partial charge in [0, 0.05) is 14.6 Å². The summed E-state index contributed by atoms with van der Waals surface area (Å²) < 4.78 is 0. The van der Waals surface area contributed by atoms with Gasteiger partial charge in [0.15, 0.2) is 0 Å². The van der Waals surface area contributed by atoms with Crippen molar-refractivity contribution in [3.63, 3.8) is 0 Å². The van der Waals surface area contributed by atoms with Crippen molar-refractivity contribution in [3.05, 3.63) is 35.4 Å². The largest absolute Gasteiger partial charge is 0.274 e. The van der Waals surface area contributed by atoms with Crippen LogP contribution in [0.25, 0.3) is 0 Å². The second-order valence-corrected chi connectivity index (χ2v) is 11.6. The molecular weight excluding hydrogens is 242 g/mol. The van der Waals surface area contributed by atoms with Crippen LogP contribution < -0.4 is 0 Å². The zero-order valence-electron chi connectivity index (χ0n) is 11.2. The molecule has 2 rings (SSSR count). The van der Waals surface area contributed by atoms with Gasteiger partial charge in [-0.25, -0.2) is 0 Å². The summed E-state index contributed by atoms with van der Waals surface area (Å²) in [5, 5.41) is 0. The van der Waals surface area contributed by atoms with Gasteiger partial charge in [-0.3, -0.25) is 14.5 Å². The Morgan fingerprint density at radius 3 is 1.94 bits per heavy atom. The highest BCUT2D eigenvalue weighted by Crippen LogP contribution is 2.23. The lowest BCUT2D eigenvalue weighted by molar-refractivity contribution is 0.0654. The van der Waals surface area contributed by atoms with E-state index in [1.807, 2.05) is 0 Å². The third-order valence-electron chi connectivity index (χ3n) is 3.19. The summed E-state index contributed by atoms with van der Waals surface area (Å²) in [6.45, 7) is 7.46. The van der Waals surface area contributed by atoms with E-state index in [1.54, 1.807) is 24.3 Å². The Morgan fingerprint density at radius 1 is 1.00 bits per heavy atom. The van der Waals surface area contributed by atoms with E-state index in [4.69, 9.17) is 0 Å². The van der Waals surface area contributed by atoms with Gasteiger partial charge < -0.3 is 0 Å². The van der Waals surface area contributed by atoms with E-state index >= 15 is 0 Å². The smallest absolute Gasteiger partial charge is 0.261 e. The molecule has 0 atom stereocenters. The molecule has 2 amide bonds. The molecule has 96 valence electrons. The van der Waals surface area contributed by atoms with Crippen LogP contribution in [0.5, 0.6) is 0 Å². The molecular formula is C14H19NO2Si. The highest BCUT2D eigenvalue weighted by atomic mass is 28.3. The van der Waals surface area contributed by atoms with Crippen LogP contribution >= 0.6 is 0 Å². The van der Waals surface area contributed by atoms with E-state index in [1.165, 1.54) is 4.90 Å². The first-order valence-corrected chi connectivity index (χ1v) is 10.1. The number of benzene rings is 1. The van der Waals surface area contributed by atoms with Gasteiger partial charge in [0.2, 0.25) is 0 Å². The monoisotopic (exact) mass is 261 g/mol. The van der Waals surface area contributed by atoms with Gasteiger partial charge in [0.25, 0.3) is 11.8 Å². The van der Waals surface area contributed by atoms with Crippen LogP contribution in [-0.4, -0.2) is 31.3 Å². The topological polar surface area (TPSA) is 37.4 Å². The van der Waals surface area contributed by atoms with Crippen molar-refractivity contribution in [2.75, 3.05) is 6.54 Å². The minimum Gasteiger partial charge on any atom is -0.274 e. The van der Waals surface area contributed by atoms with Gasteiger partial charge in [-0.05, 0) is 18.6 Å². The third kappa shape index (κ3) is 2.53. The molecule has 0 fully saturated rings. The molecule has 1 aliphatic heterocycles. The minimum atomic E-state index is -1.10. The zero-order valence-corrected chi connectivity index (χ0v) is 12.2. The summed E-state index contributed by atoms with van der Waals surface area (Å²) in [5.74, 6) is -0.266. The van der Waals surface area contributed by atoms with Gasteiger partial charge in [0.05, 0.1) is 11.1 Å². The molecule has 3 nitrogen and oxygen atoms in total. The maximum atomic E-state index is 12.1. The van der Waals surface area contributed by atoms with Crippen LogP contribution in [0.15, 0.2) is 24.3 Å². The molecule has 1 aromatic carbocycles. The molecule has 1 heterocycles. The van der Waals surface area contributed by atoms with E-state index in [9.17, 15) is 9.59 Å². The van der Waals surface area contributed by atoms with E-state index in [-0.39, 0.29) is 11.8 Å². The Labute approximate surface area is 109 Å². The number of imide groups is 1. The molecule has 1 aromatic rings. The maximum Gasteiger partial charge on any atom is 0.261 e. The number of hydrogen-bond acceptors (Lipinski definition) is 2. The second-order valence-electron chi connectivity index (χ2n) is 5.97. The Hall–Kier alpha value is -1.42. The van der Waals surface area contributed by atoms with Crippen molar-refractivity contribution in [1.29, 1.82) is 0 Å². The Balaban J connectivity index is 2.05. The van der Waals surface area contributed by atoms with E-state index in [0.29, 0.717) is 17.7 Å². The van der Waals surface area contributed by atoms with Crippen LogP contribution in [0.4, 0.5) is 0 Å².